The van der Waals surface area contributed by atoms with Crippen LogP contribution in [0.3, 0.4) is 0 Å². The van der Waals surface area contributed by atoms with Gasteiger partial charge in [0, 0.05) is 58.1 Å². The first-order valence-electron chi connectivity index (χ1n) is 9.41. The first-order chi connectivity index (χ1) is 13.9. The maximum Gasteiger partial charge on any atom is 0.490 e. The number of carboxylic acid groups (broad SMARTS) is 1. The molecule has 3 amide bonds. The van der Waals surface area contributed by atoms with Crippen molar-refractivity contribution in [2.45, 2.75) is 25.4 Å². The van der Waals surface area contributed by atoms with E-state index in [1.165, 1.54) is 0 Å². The van der Waals surface area contributed by atoms with E-state index in [1.54, 1.807) is 37.5 Å². The summed E-state index contributed by atoms with van der Waals surface area (Å²) in [4.78, 5) is 43.2. The molecule has 1 N–H and O–H groups in total. The molecule has 1 atom stereocenters. The van der Waals surface area contributed by atoms with E-state index in [9.17, 15) is 22.8 Å². The standard InChI is InChI=1S/C17H24N4O2.C2HF3O2/c1-19(2)16(23)21-10-7-17(13-21)6-4-9-20(12-17)15(22)14-5-3-8-18-11-14;3-2(4,5)1(6)7/h3,5,8,11H,4,6-7,9-10,12-13H2,1-2H3;(H,6,7). The van der Waals surface area contributed by atoms with Gasteiger partial charge in [0.1, 0.15) is 0 Å². The number of pyridine rings is 1. The quantitative estimate of drug-likeness (QED) is 0.738. The molecule has 1 aromatic rings. The van der Waals surface area contributed by atoms with Crippen LogP contribution in [0.1, 0.15) is 29.6 Å². The molecule has 0 aliphatic carbocycles. The monoisotopic (exact) mass is 430 g/mol. The maximum absolute atomic E-state index is 12.7. The highest BCUT2D eigenvalue weighted by Crippen LogP contribution is 2.39. The molecule has 2 aliphatic heterocycles. The zero-order valence-corrected chi connectivity index (χ0v) is 16.9. The molecule has 0 radical (unpaired) electrons. The first kappa shape index (κ1) is 23.4. The Bertz CT molecular complexity index is 773. The number of aromatic nitrogens is 1. The molecule has 2 aliphatic rings. The van der Waals surface area contributed by atoms with Crippen LogP contribution in [0.2, 0.25) is 0 Å². The fraction of sp³-hybridized carbons (Fsp3) is 0.579. The number of alkyl halides is 3. The minimum absolute atomic E-state index is 0.0505. The number of hydrogen-bond acceptors (Lipinski definition) is 4. The Morgan fingerprint density at radius 2 is 1.77 bits per heavy atom. The highest BCUT2D eigenvalue weighted by Gasteiger charge is 2.44. The van der Waals surface area contributed by atoms with Gasteiger partial charge in [-0.1, -0.05) is 0 Å². The van der Waals surface area contributed by atoms with Crippen molar-refractivity contribution in [1.29, 1.82) is 0 Å². The summed E-state index contributed by atoms with van der Waals surface area (Å²) < 4.78 is 31.7. The molecule has 1 unspecified atom stereocenters. The number of amides is 3. The largest absolute Gasteiger partial charge is 0.490 e. The van der Waals surface area contributed by atoms with Crippen LogP contribution in [0.5, 0.6) is 0 Å². The van der Waals surface area contributed by atoms with Crippen molar-refractivity contribution in [3.8, 4) is 0 Å². The van der Waals surface area contributed by atoms with Crippen LogP contribution in [0.25, 0.3) is 0 Å². The second-order valence-electron chi connectivity index (χ2n) is 7.72. The highest BCUT2D eigenvalue weighted by molar-refractivity contribution is 5.94. The van der Waals surface area contributed by atoms with Crippen LogP contribution >= 0.6 is 0 Å². The second kappa shape index (κ2) is 9.31. The first-order valence-corrected chi connectivity index (χ1v) is 9.41. The van der Waals surface area contributed by atoms with Gasteiger partial charge < -0.3 is 19.8 Å². The fourth-order valence-electron chi connectivity index (χ4n) is 3.77. The number of nitrogens with zero attached hydrogens (tertiary/aromatic N) is 4. The number of hydrogen-bond donors (Lipinski definition) is 1. The Hall–Kier alpha value is -2.85. The molecule has 2 fully saturated rings. The lowest BCUT2D eigenvalue weighted by molar-refractivity contribution is -0.192. The Balaban J connectivity index is 0.000000396. The van der Waals surface area contributed by atoms with Gasteiger partial charge in [0.25, 0.3) is 5.91 Å². The molecule has 30 heavy (non-hydrogen) atoms. The smallest absolute Gasteiger partial charge is 0.475 e. The van der Waals surface area contributed by atoms with E-state index in [0.29, 0.717) is 5.56 Å². The number of urea groups is 1. The third-order valence-corrected chi connectivity index (χ3v) is 5.19. The third kappa shape index (κ3) is 5.83. The van der Waals surface area contributed by atoms with Crippen LogP contribution in [0.4, 0.5) is 18.0 Å². The molecule has 3 rings (SSSR count). The number of likely N-dealkylation sites (tertiary alicyclic amines) is 2. The van der Waals surface area contributed by atoms with Crippen LogP contribution in [0.15, 0.2) is 24.5 Å². The molecule has 3 heterocycles. The number of carbonyl (C=O) groups is 3. The van der Waals surface area contributed by atoms with E-state index in [0.717, 1.165) is 45.4 Å². The van der Waals surface area contributed by atoms with Crippen molar-refractivity contribution in [3.05, 3.63) is 30.1 Å². The van der Waals surface area contributed by atoms with Gasteiger partial charge in [0.2, 0.25) is 0 Å². The summed E-state index contributed by atoms with van der Waals surface area (Å²) in [5.41, 5.74) is 0.700. The van der Waals surface area contributed by atoms with Crippen LogP contribution in [0, 0.1) is 5.41 Å². The number of halogens is 3. The summed E-state index contributed by atoms with van der Waals surface area (Å²) in [6, 6.07) is 3.67. The van der Waals surface area contributed by atoms with Crippen LogP contribution in [-0.4, -0.2) is 89.1 Å². The summed E-state index contributed by atoms with van der Waals surface area (Å²) in [5.74, 6) is -2.71. The third-order valence-electron chi connectivity index (χ3n) is 5.19. The topological polar surface area (TPSA) is 94.1 Å². The Kier molecular flexibility index (Phi) is 7.27. The van der Waals surface area contributed by atoms with Gasteiger partial charge >= 0.3 is 18.2 Å². The molecule has 8 nitrogen and oxygen atoms in total. The summed E-state index contributed by atoms with van der Waals surface area (Å²) in [5, 5.41) is 7.12. The number of rotatable bonds is 1. The van der Waals surface area contributed by atoms with Gasteiger partial charge in [-0.2, -0.15) is 13.2 Å². The number of piperidine rings is 1. The minimum atomic E-state index is -5.08. The summed E-state index contributed by atoms with van der Waals surface area (Å²) in [6.45, 7) is 3.06. The van der Waals surface area contributed by atoms with E-state index in [2.05, 4.69) is 4.98 Å². The van der Waals surface area contributed by atoms with E-state index < -0.39 is 12.1 Å². The normalized spacial score (nSPS) is 21.1. The van der Waals surface area contributed by atoms with Gasteiger partial charge in [0.15, 0.2) is 0 Å². The van der Waals surface area contributed by atoms with Crippen molar-refractivity contribution in [1.82, 2.24) is 19.7 Å². The average molecular weight is 430 g/mol. The molecule has 0 bridgehead atoms. The number of aliphatic carboxylic acids is 1. The molecule has 2 saturated heterocycles. The molecule has 1 aromatic heterocycles. The van der Waals surface area contributed by atoms with E-state index >= 15 is 0 Å². The molecule has 11 heteroatoms. The van der Waals surface area contributed by atoms with Crippen molar-refractivity contribution < 1.29 is 32.7 Å². The van der Waals surface area contributed by atoms with Gasteiger partial charge in [-0.05, 0) is 31.4 Å². The second-order valence-corrected chi connectivity index (χ2v) is 7.72. The van der Waals surface area contributed by atoms with Crippen molar-refractivity contribution in [3.63, 3.8) is 0 Å². The average Bonchev–Trinajstić information content (AvgIpc) is 3.10. The SMILES string of the molecule is CN(C)C(=O)N1CCC2(CCCN(C(=O)c3cccnc3)C2)C1.O=C(O)C(F)(F)F. The summed E-state index contributed by atoms with van der Waals surface area (Å²) >= 11 is 0. The van der Waals surface area contributed by atoms with Gasteiger partial charge in [-0.15, -0.1) is 0 Å². The van der Waals surface area contributed by atoms with Gasteiger partial charge in [-0.3, -0.25) is 9.78 Å². The molecule has 0 aromatic carbocycles. The molecule has 166 valence electrons. The predicted molar refractivity (Wildman–Crippen MR) is 101 cm³/mol. The number of carbonyl (C=O) groups excluding carboxylic acids is 2. The van der Waals surface area contributed by atoms with E-state index in [1.807, 2.05) is 15.9 Å². The lowest BCUT2D eigenvalue weighted by atomic mass is 9.79. The van der Waals surface area contributed by atoms with Crippen LogP contribution in [-0.2, 0) is 4.79 Å². The molecular formula is C19H25F3N4O4. The fourth-order valence-corrected chi connectivity index (χ4v) is 3.77. The Morgan fingerprint density at radius 3 is 2.30 bits per heavy atom. The summed E-state index contributed by atoms with van der Waals surface area (Å²) in [6.07, 6.45) is 1.27. The summed E-state index contributed by atoms with van der Waals surface area (Å²) in [7, 11) is 3.57. The molecule has 0 saturated carbocycles. The van der Waals surface area contributed by atoms with E-state index in [4.69, 9.17) is 9.90 Å². The molecule has 1 spiro atoms. The van der Waals surface area contributed by atoms with Crippen molar-refractivity contribution in [2.24, 2.45) is 5.41 Å². The number of carboxylic acids is 1. The Morgan fingerprint density at radius 1 is 1.13 bits per heavy atom. The van der Waals surface area contributed by atoms with E-state index in [-0.39, 0.29) is 17.4 Å². The van der Waals surface area contributed by atoms with Crippen molar-refractivity contribution >= 4 is 17.9 Å². The van der Waals surface area contributed by atoms with Gasteiger partial charge in [-0.25, -0.2) is 9.59 Å². The highest BCUT2D eigenvalue weighted by atomic mass is 19.4. The zero-order chi connectivity index (χ0) is 22.5. The maximum atomic E-state index is 12.7. The molecular weight excluding hydrogens is 405 g/mol. The zero-order valence-electron chi connectivity index (χ0n) is 16.9. The Labute approximate surface area is 172 Å². The van der Waals surface area contributed by atoms with Crippen LogP contribution < -0.4 is 0 Å². The lowest BCUT2D eigenvalue weighted by Gasteiger charge is -2.40. The van der Waals surface area contributed by atoms with Crippen molar-refractivity contribution in [2.75, 3.05) is 40.3 Å². The van der Waals surface area contributed by atoms with Gasteiger partial charge in [0.05, 0.1) is 5.56 Å². The minimum Gasteiger partial charge on any atom is -0.475 e. The lowest BCUT2D eigenvalue weighted by Crippen LogP contribution is -2.48. The predicted octanol–water partition coefficient (Wildman–Crippen LogP) is 2.32.